The Balaban J connectivity index is 2.16. The third-order valence-electron chi connectivity index (χ3n) is 3.32. The molecule has 0 saturated heterocycles. The fourth-order valence-electron chi connectivity index (χ4n) is 2.07. The molecule has 0 atom stereocenters. The van der Waals surface area contributed by atoms with Crippen molar-refractivity contribution in [2.75, 3.05) is 7.11 Å². The summed E-state index contributed by atoms with van der Waals surface area (Å²) in [7, 11) is 0.168. The van der Waals surface area contributed by atoms with Gasteiger partial charge in [0.2, 0.25) is 5.78 Å². The van der Waals surface area contributed by atoms with Crippen LogP contribution in [-0.2, 0) is 11.3 Å². The van der Waals surface area contributed by atoms with Crippen molar-refractivity contribution in [1.82, 2.24) is 0 Å². The molecule has 0 N–H and O–H groups in total. The van der Waals surface area contributed by atoms with E-state index >= 15 is 0 Å². The third-order valence-corrected chi connectivity index (χ3v) is 5.11. The van der Waals surface area contributed by atoms with E-state index in [1.54, 1.807) is 13.2 Å². The van der Waals surface area contributed by atoms with Gasteiger partial charge >= 0.3 is 0 Å². The molecule has 0 fully saturated rings. The van der Waals surface area contributed by atoms with Gasteiger partial charge in [-0.2, -0.15) is 0 Å². The van der Waals surface area contributed by atoms with Crippen LogP contribution < -0.4 is 0 Å². The van der Waals surface area contributed by atoms with Gasteiger partial charge in [-0.15, -0.1) is 16.9 Å². The Morgan fingerprint density at radius 1 is 1.00 bits per heavy atom. The molecule has 0 spiro atoms. The number of thiophene rings is 1. The second-order valence-electron chi connectivity index (χ2n) is 6.83. The number of ketones is 1. The van der Waals surface area contributed by atoms with Gasteiger partial charge in [0.15, 0.2) is 0 Å². The summed E-state index contributed by atoms with van der Waals surface area (Å²) in [5, 5.41) is 1.83. The Labute approximate surface area is 172 Å². The number of ether oxygens (including phenoxy) is 1. The molecule has 2 rings (SSSR count). The molecule has 138 valence electrons. The van der Waals surface area contributed by atoms with Crippen LogP contribution in [0.3, 0.4) is 0 Å². The molecular formula is C24H20O2SSi. The summed E-state index contributed by atoms with van der Waals surface area (Å²) in [5.74, 6) is 19.4. The summed E-state index contributed by atoms with van der Waals surface area (Å²) < 4.78 is 5.17. The van der Waals surface area contributed by atoms with Gasteiger partial charge < -0.3 is 4.74 Å². The lowest BCUT2D eigenvalue weighted by atomic mass is 10.1. The lowest BCUT2D eigenvalue weighted by Crippen LogP contribution is -2.16. The second-order valence-corrected chi connectivity index (χ2v) is 12.5. The van der Waals surface area contributed by atoms with Crippen LogP contribution in [0.1, 0.15) is 26.4 Å². The number of hydrogen-bond acceptors (Lipinski definition) is 3. The van der Waals surface area contributed by atoms with Crippen LogP contribution in [0.5, 0.6) is 0 Å². The summed E-state index contributed by atoms with van der Waals surface area (Å²) in [6.07, 6.45) is 0. The van der Waals surface area contributed by atoms with Crippen molar-refractivity contribution in [2.24, 2.45) is 0 Å². The largest absolute Gasteiger partial charge is 0.380 e. The molecule has 1 aromatic heterocycles. The molecule has 2 aromatic rings. The Bertz CT molecular complexity index is 1100. The smallest absolute Gasteiger partial charge is 0.248 e. The molecule has 28 heavy (non-hydrogen) atoms. The van der Waals surface area contributed by atoms with Crippen molar-refractivity contribution < 1.29 is 9.53 Å². The number of hydrogen-bond donors (Lipinski definition) is 0. The monoisotopic (exact) mass is 400 g/mol. The Morgan fingerprint density at radius 3 is 2.43 bits per heavy atom. The average molecular weight is 401 g/mol. The van der Waals surface area contributed by atoms with E-state index in [0.29, 0.717) is 17.0 Å². The fourth-order valence-corrected chi connectivity index (χ4v) is 3.25. The van der Waals surface area contributed by atoms with Crippen molar-refractivity contribution in [3.05, 3.63) is 57.3 Å². The molecule has 0 saturated carbocycles. The maximum absolute atomic E-state index is 12.3. The summed E-state index contributed by atoms with van der Waals surface area (Å²) in [5.41, 5.74) is 5.66. The van der Waals surface area contributed by atoms with Crippen LogP contribution >= 0.6 is 11.3 Å². The zero-order valence-electron chi connectivity index (χ0n) is 16.4. The molecule has 0 aliphatic heterocycles. The topological polar surface area (TPSA) is 26.3 Å². The van der Waals surface area contributed by atoms with Crippen LogP contribution in [0.4, 0.5) is 0 Å². The van der Waals surface area contributed by atoms with Crippen LogP contribution in [0, 0.1) is 47.0 Å². The van der Waals surface area contributed by atoms with E-state index in [2.05, 4.69) is 66.6 Å². The van der Waals surface area contributed by atoms with Crippen molar-refractivity contribution >= 4 is 25.2 Å². The van der Waals surface area contributed by atoms with Crippen LogP contribution in [0.25, 0.3) is 0 Å². The lowest BCUT2D eigenvalue weighted by Gasteiger charge is -2.01. The van der Waals surface area contributed by atoms with Gasteiger partial charge in [0, 0.05) is 18.2 Å². The molecule has 0 aliphatic carbocycles. The van der Waals surface area contributed by atoms with Crippen LogP contribution in [0.15, 0.2) is 35.7 Å². The molecule has 0 radical (unpaired) electrons. The summed E-state index contributed by atoms with van der Waals surface area (Å²) in [4.78, 5) is 12.8. The predicted molar refractivity (Wildman–Crippen MR) is 118 cm³/mol. The summed E-state index contributed by atoms with van der Waals surface area (Å²) in [6, 6.07) is 9.58. The van der Waals surface area contributed by atoms with Gasteiger partial charge in [0.05, 0.1) is 11.5 Å². The summed E-state index contributed by atoms with van der Waals surface area (Å²) in [6.45, 7) is 6.89. The third kappa shape index (κ3) is 6.96. The van der Waals surface area contributed by atoms with Gasteiger partial charge in [-0.1, -0.05) is 49.7 Å². The molecule has 1 heterocycles. The Hall–Kier alpha value is -2.99. The number of methoxy groups -OCH3 is 1. The van der Waals surface area contributed by atoms with Crippen LogP contribution in [-0.4, -0.2) is 21.0 Å². The van der Waals surface area contributed by atoms with E-state index in [9.17, 15) is 4.79 Å². The molecule has 0 aliphatic rings. The number of rotatable bonds is 3. The molecule has 0 unspecified atom stereocenters. The molecule has 4 heteroatoms. The highest BCUT2D eigenvalue weighted by molar-refractivity contribution is 7.12. The van der Waals surface area contributed by atoms with Crippen LogP contribution in [0.2, 0.25) is 19.6 Å². The highest BCUT2D eigenvalue weighted by Crippen LogP contribution is 2.16. The zero-order valence-corrected chi connectivity index (χ0v) is 18.2. The maximum Gasteiger partial charge on any atom is 0.248 e. The van der Waals surface area contributed by atoms with E-state index in [0.717, 1.165) is 11.1 Å². The van der Waals surface area contributed by atoms with Gasteiger partial charge in [0.25, 0.3) is 0 Å². The first-order valence-corrected chi connectivity index (χ1v) is 13.0. The van der Waals surface area contributed by atoms with E-state index < -0.39 is 8.07 Å². The van der Waals surface area contributed by atoms with Crippen molar-refractivity contribution in [1.29, 1.82) is 0 Å². The number of carbonyl (C=O) groups excluding carboxylic acids is 1. The highest BCUT2D eigenvalue weighted by Gasteiger charge is 2.09. The molecule has 1 aromatic carbocycles. The number of benzene rings is 1. The van der Waals surface area contributed by atoms with E-state index in [1.807, 2.05) is 29.6 Å². The Morgan fingerprint density at radius 2 is 1.71 bits per heavy atom. The normalized spacial score (nSPS) is 9.43. The Kier molecular flexibility index (Phi) is 7.89. The van der Waals surface area contributed by atoms with Crippen molar-refractivity contribution in [3.8, 4) is 47.0 Å². The number of Topliss-reactive ketones (excluding diaryl/α,β-unsaturated/α-hetero) is 1. The fraction of sp³-hybridized carbons (Fsp3) is 0.208. The van der Waals surface area contributed by atoms with E-state index in [4.69, 9.17) is 4.74 Å². The van der Waals surface area contributed by atoms with Gasteiger partial charge in [-0.25, -0.2) is 0 Å². The quantitative estimate of drug-likeness (QED) is 0.331. The van der Waals surface area contributed by atoms with Gasteiger partial charge in [-0.05, 0) is 52.7 Å². The summed E-state index contributed by atoms with van der Waals surface area (Å²) >= 11 is 1.33. The van der Waals surface area contributed by atoms with Crippen molar-refractivity contribution in [2.45, 2.75) is 26.2 Å². The molecule has 0 amide bonds. The van der Waals surface area contributed by atoms with Gasteiger partial charge in [0.1, 0.15) is 8.07 Å². The first-order chi connectivity index (χ1) is 13.4. The lowest BCUT2D eigenvalue weighted by molar-refractivity contribution is 0.106. The molecule has 2 nitrogen and oxygen atoms in total. The average Bonchev–Trinajstić information content (AvgIpc) is 3.11. The first-order valence-electron chi connectivity index (χ1n) is 8.64. The minimum absolute atomic E-state index is 0.262. The zero-order chi connectivity index (χ0) is 20.4. The van der Waals surface area contributed by atoms with E-state index in [1.165, 1.54) is 11.3 Å². The number of carbonyl (C=O) groups is 1. The SMILES string of the molecule is COCc1ccccc1C#CC#Cc1ccsc1C(=O)C#CC#C[Si](C)(C)C. The van der Waals surface area contributed by atoms with Gasteiger partial charge in [-0.3, -0.25) is 4.79 Å². The molecular weight excluding hydrogens is 380 g/mol. The standard InChI is InChI=1S/C24H20O2SSi/c1-26-19-22-14-8-6-12-20(22)11-5-7-13-21-16-17-27-24(21)23(25)15-9-10-18-28(2,3)4/h6,8,12,14,16-17H,19H2,1-4H3. The molecule has 0 bridgehead atoms. The minimum atomic E-state index is -1.48. The van der Waals surface area contributed by atoms with E-state index in [-0.39, 0.29) is 5.78 Å². The highest BCUT2D eigenvalue weighted by atomic mass is 32.1. The first kappa shape index (κ1) is 21.3. The minimum Gasteiger partial charge on any atom is -0.380 e. The second kappa shape index (κ2) is 10.4. The predicted octanol–water partition coefficient (Wildman–Crippen LogP) is 4.36. The maximum atomic E-state index is 12.3. The van der Waals surface area contributed by atoms with Crippen molar-refractivity contribution in [3.63, 3.8) is 0 Å².